The molecule has 0 heterocycles. The maximum Gasteiger partial charge on any atom is 0.327 e. The van der Waals surface area contributed by atoms with Gasteiger partial charge in [0.25, 0.3) is 0 Å². The summed E-state index contributed by atoms with van der Waals surface area (Å²) in [4.78, 5) is 20.9. The smallest absolute Gasteiger partial charge is 0.327 e. The summed E-state index contributed by atoms with van der Waals surface area (Å²) in [5.74, 6) is -1.48. The van der Waals surface area contributed by atoms with Crippen molar-refractivity contribution in [2.75, 3.05) is 0 Å². The molecule has 0 aliphatic heterocycles. The Morgan fingerprint density at radius 2 is 0.397 bits per heavy atom. The summed E-state index contributed by atoms with van der Waals surface area (Å²) in [7, 11) is 0. The standard InChI is InChI=1S/C54H104O4/c55-53(56)51-49-47-45-43-41-39-37-35-33-31-29-27-25-23-21-19-17-15-13-11-9-7-5-3-1-2-4-6-8-10-12-14-16-18-20-22-24-26-28-30-32-34-36-38-40-42-44-46-48-50-52-54(57)58/h49,51H,1-48,50,52H2,(H,55,56)(H,57,58). The fraction of sp³-hybridized carbons (Fsp3) is 0.926. The van der Waals surface area contributed by atoms with Gasteiger partial charge in [-0.15, -0.1) is 0 Å². The van der Waals surface area contributed by atoms with E-state index in [-0.39, 0.29) is 0 Å². The minimum absolute atomic E-state index is 0.343. The van der Waals surface area contributed by atoms with E-state index in [1.54, 1.807) is 6.08 Å². The van der Waals surface area contributed by atoms with Crippen molar-refractivity contribution in [1.29, 1.82) is 0 Å². The molecule has 0 bridgehead atoms. The third-order valence-corrected chi connectivity index (χ3v) is 12.8. The minimum Gasteiger partial charge on any atom is -0.481 e. The normalized spacial score (nSPS) is 11.7. The van der Waals surface area contributed by atoms with Gasteiger partial charge in [0.2, 0.25) is 0 Å². The van der Waals surface area contributed by atoms with Gasteiger partial charge in [0, 0.05) is 12.5 Å². The third-order valence-electron chi connectivity index (χ3n) is 12.8. The van der Waals surface area contributed by atoms with Gasteiger partial charge in [-0.1, -0.05) is 301 Å². The summed E-state index contributed by atoms with van der Waals surface area (Å²) in [6.07, 6.45) is 71.6. The highest BCUT2D eigenvalue weighted by Crippen LogP contribution is 2.19. The molecule has 0 amide bonds. The SMILES string of the molecule is O=C(O)C=CCCCCCCCCCCCCCCCCCCCCCCCCCCCCCCCCCCCCCCCCCCCCCCCCCCC(=O)O. The highest BCUT2D eigenvalue weighted by atomic mass is 16.4. The predicted molar refractivity (Wildman–Crippen MR) is 255 cm³/mol. The van der Waals surface area contributed by atoms with Gasteiger partial charge in [0.05, 0.1) is 0 Å². The quantitative estimate of drug-likeness (QED) is 0.0474. The van der Waals surface area contributed by atoms with Crippen LogP contribution in [0.4, 0.5) is 0 Å². The lowest BCUT2D eigenvalue weighted by Crippen LogP contribution is -1.93. The van der Waals surface area contributed by atoms with E-state index in [1.165, 1.54) is 295 Å². The van der Waals surface area contributed by atoms with Crippen LogP contribution in [-0.2, 0) is 9.59 Å². The van der Waals surface area contributed by atoms with Crippen LogP contribution < -0.4 is 0 Å². The third kappa shape index (κ3) is 54.7. The maximum atomic E-state index is 10.5. The molecule has 0 aliphatic rings. The summed E-state index contributed by atoms with van der Waals surface area (Å²) in [5.41, 5.74) is 0. The van der Waals surface area contributed by atoms with E-state index in [9.17, 15) is 9.59 Å². The molecule has 0 saturated carbocycles. The Hall–Kier alpha value is -1.32. The number of rotatable bonds is 52. The molecule has 0 aromatic rings. The summed E-state index contributed by atoms with van der Waals surface area (Å²) in [6.45, 7) is 0. The topological polar surface area (TPSA) is 74.6 Å². The van der Waals surface area contributed by atoms with Crippen LogP contribution in [0.25, 0.3) is 0 Å². The molecule has 4 heteroatoms. The fourth-order valence-electron chi connectivity index (χ4n) is 8.85. The van der Waals surface area contributed by atoms with Gasteiger partial charge in [-0.3, -0.25) is 4.79 Å². The highest BCUT2D eigenvalue weighted by Gasteiger charge is 2.00. The molecule has 0 unspecified atom stereocenters. The van der Waals surface area contributed by atoms with Crippen LogP contribution in [0.5, 0.6) is 0 Å². The van der Waals surface area contributed by atoms with E-state index in [0.29, 0.717) is 6.42 Å². The van der Waals surface area contributed by atoms with Gasteiger partial charge in [-0.2, -0.15) is 0 Å². The van der Waals surface area contributed by atoms with Gasteiger partial charge in [-0.05, 0) is 19.3 Å². The molecule has 0 aliphatic carbocycles. The number of carbonyl (C=O) groups is 2. The van der Waals surface area contributed by atoms with Crippen molar-refractivity contribution in [2.45, 2.75) is 321 Å². The van der Waals surface area contributed by atoms with Crippen LogP contribution in [0.2, 0.25) is 0 Å². The Bertz CT molecular complexity index is 822. The zero-order valence-electron chi connectivity index (χ0n) is 39.2. The zero-order valence-corrected chi connectivity index (χ0v) is 39.2. The molecule has 58 heavy (non-hydrogen) atoms. The molecule has 4 nitrogen and oxygen atoms in total. The van der Waals surface area contributed by atoms with E-state index >= 15 is 0 Å². The second-order valence-corrected chi connectivity index (χ2v) is 18.6. The molecule has 0 spiro atoms. The first kappa shape index (κ1) is 56.7. The average molecular weight is 817 g/mol. The predicted octanol–water partition coefficient (Wildman–Crippen LogP) is 19.2. The summed E-state index contributed by atoms with van der Waals surface area (Å²) in [6, 6.07) is 0. The summed E-state index contributed by atoms with van der Waals surface area (Å²) in [5, 5.41) is 17.2. The lowest BCUT2D eigenvalue weighted by molar-refractivity contribution is -0.137. The van der Waals surface area contributed by atoms with Gasteiger partial charge >= 0.3 is 11.9 Å². The van der Waals surface area contributed by atoms with Crippen LogP contribution >= 0.6 is 0 Å². The lowest BCUT2D eigenvalue weighted by Gasteiger charge is -2.05. The Morgan fingerprint density at radius 1 is 0.241 bits per heavy atom. The van der Waals surface area contributed by atoms with Gasteiger partial charge in [-0.25, -0.2) is 4.79 Å². The van der Waals surface area contributed by atoms with Gasteiger partial charge in [0.15, 0.2) is 0 Å². The van der Waals surface area contributed by atoms with E-state index in [2.05, 4.69) is 0 Å². The van der Waals surface area contributed by atoms with Gasteiger partial charge in [0.1, 0.15) is 0 Å². The molecular formula is C54H104O4. The molecule has 0 radical (unpaired) electrons. The lowest BCUT2D eigenvalue weighted by atomic mass is 10.0. The van der Waals surface area contributed by atoms with Crippen molar-refractivity contribution >= 4 is 11.9 Å². The second kappa shape index (κ2) is 51.8. The van der Waals surface area contributed by atoms with Crippen LogP contribution in [0.15, 0.2) is 12.2 Å². The van der Waals surface area contributed by atoms with Crippen molar-refractivity contribution < 1.29 is 19.8 Å². The molecule has 0 aromatic heterocycles. The molecule has 0 aromatic carbocycles. The van der Waals surface area contributed by atoms with Crippen LogP contribution in [0, 0.1) is 0 Å². The highest BCUT2D eigenvalue weighted by molar-refractivity contribution is 5.79. The number of allylic oxidation sites excluding steroid dienone is 1. The maximum absolute atomic E-state index is 10.5. The number of carboxylic acids is 2. The minimum atomic E-state index is -0.829. The molecular weight excluding hydrogens is 713 g/mol. The first-order valence-corrected chi connectivity index (χ1v) is 26.7. The zero-order chi connectivity index (χ0) is 41.9. The molecule has 0 atom stereocenters. The van der Waals surface area contributed by atoms with Crippen molar-refractivity contribution in [2.24, 2.45) is 0 Å². The molecule has 0 saturated heterocycles. The molecule has 344 valence electrons. The second-order valence-electron chi connectivity index (χ2n) is 18.6. The largest absolute Gasteiger partial charge is 0.481 e. The number of hydrogen-bond donors (Lipinski definition) is 2. The van der Waals surface area contributed by atoms with E-state index in [1.807, 2.05) is 0 Å². The van der Waals surface area contributed by atoms with Crippen LogP contribution in [0.3, 0.4) is 0 Å². The van der Waals surface area contributed by atoms with Crippen LogP contribution in [-0.4, -0.2) is 22.2 Å². The molecule has 0 rings (SSSR count). The van der Waals surface area contributed by atoms with Gasteiger partial charge < -0.3 is 10.2 Å². The van der Waals surface area contributed by atoms with Crippen molar-refractivity contribution in [3.05, 3.63) is 12.2 Å². The first-order valence-electron chi connectivity index (χ1n) is 26.7. The van der Waals surface area contributed by atoms with E-state index in [0.717, 1.165) is 25.7 Å². The van der Waals surface area contributed by atoms with E-state index < -0.39 is 11.9 Å². The number of hydrogen-bond acceptors (Lipinski definition) is 2. The fourth-order valence-corrected chi connectivity index (χ4v) is 8.85. The monoisotopic (exact) mass is 817 g/mol. The molecule has 0 fully saturated rings. The van der Waals surface area contributed by atoms with Crippen molar-refractivity contribution in [3.8, 4) is 0 Å². The summed E-state index contributed by atoms with van der Waals surface area (Å²) < 4.78 is 0. The van der Waals surface area contributed by atoms with Crippen LogP contribution in [0.1, 0.15) is 321 Å². The Labute approximate surface area is 363 Å². The Morgan fingerprint density at radius 3 is 0.552 bits per heavy atom. The summed E-state index contributed by atoms with van der Waals surface area (Å²) >= 11 is 0. The Balaban J connectivity index is 3.07. The van der Waals surface area contributed by atoms with Crippen molar-refractivity contribution in [3.63, 3.8) is 0 Å². The molecule has 2 N–H and O–H groups in total. The number of aliphatic carboxylic acids is 2. The number of unbranched alkanes of at least 4 members (excludes halogenated alkanes) is 48. The number of carboxylic acid groups (broad SMARTS) is 2. The van der Waals surface area contributed by atoms with E-state index in [4.69, 9.17) is 10.2 Å². The van der Waals surface area contributed by atoms with Crippen molar-refractivity contribution in [1.82, 2.24) is 0 Å². The Kier molecular flexibility index (Phi) is 50.6. The first-order chi connectivity index (χ1) is 28.6. The average Bonchev–Trinajstić information content (AvgIpc) is 3.21.